The van der Waals surface area contributed by atoms with Gasteiger partial charge in [0.2, 0.25) is 0 Å². The van der Waals surface area contributed by atoms with Crippen molar-refractivity contribution in [2.24, 2.45) is 5.92 Å². The molecule has 0 radical (unpaired) electrons. The number of hydrogen-bond acceptors (Lipinski definition) is 5. The Hall–Kier alpha value is -2.06. The number of rotatable bonds is 5. The average molecular weight is 451 g/mol. The van der Waals surface area contributed by atoms with Gasteiger partial charge in [0.15, 0.2) is 0 Å². The fourth-order valence-electron chi connectivity index (χ4n) is 2.91. The number of fused-ring (bicyclic) bond motifs is 1. The summed E-state index contributed by atoms with van der Waals surface area (Å²) in [6, 6.07) is 5.70. The maximum absolute atomic E-state index is 12.6. The Kier molecular flexibility index (Phi) is 5.76. The second-order valence-electron chi connectivity index (χ2n) is 6.64. The van der Waals surface area contributed by atoms with Gasteiger partial charge in [0, 0.05) is 33.7 Å². The van der Waals surface area contributed by atoms with Crippen LogP contribution in [0.5, 0.6) is 0 Å². The molecular weight excluding hydrogens is 432 g/mol. The summed E-state index contributed by atoms with van der Waals surface area (Å²) in [5, 5.41) is 0.628. The number of carbonyl (C=O) groups excluding carboxylic acids is 3. The number of esters is 1. The normalized spacial score (nSPS) is 16.2. The lowest BCUT2D eigenvalue weighted by molar-refractivity contribution is -0.141. The van der Waals surface area contributed by atoms with E-state index in [0.717, 1.165) is 32.7 Å². The third-order valence-electron chi connectivity index (χ3n) is 4.11. The number of thioether (sulfide) groups is 1. The van der Waals surface area contributed by atoms with Crippen molar-refractivity contribution in [3.05, 3.63) is 39.3 Å². The molecule has 2 heterocycles. The molecule has 1 aliphatic heterocycles. The molecule has 2 amide bonds. The zero-order valence-electron chi connectivity index (χ0n) is 15.2. The lowest BCUT2D eigenvalue weighted by atomic mass is 10.1. The SMILES string of the molecule is COC(=O)Cn1cc(/C=C2\SC(=O)N(CC(C)C)C2=O)c2cc(Br)ccc21. The minimum atomic E-state index is -0.362. The van der Waals surface area contributed by atoms with E-state index in [9.17, 15) is 14.4 Å². The molecule has 142 valence electrons. The molecule has 1 fully saturated rings. The molecule has 0 unspecified atom stereocenters. The molecule has 1 aromatic heterocycles. The number of hydrogen-bond donors (Lipinski definition) is 0. The van der Waals surface area contributed by atoms with Gasteiger partial charge in [-0.15, -0.1) is 0 Å². The quantitative estimate of drug-likeness (QED) is 0.502. The van der Waals surface area contributed by atoms with E-state index >= 15 is 0 Å². The van der Waals surface area contributed by atoms with Gasteiger partial charge >= 0.3 is 5.97 Å². The van der Waals surface area contributed by atoms with Crippen LogP contribution < -0.4 is 0 Å². The number of benzene rings is 1. The summed E-state index contributed by atoms with van der Waals surface area (Å²) >= 11 is 4.40. The second-order valence-corrected chi connectivity index (χ2v) is 8.54. The Bertz CT molecular complexity index is 964. The largest absolute Gasteiger partial charge is 0.468 e. The maximum Gasteiger partial charge on any atom is 0.325 e. The summed E-state index contributed by atoms with van der Waals surface area (Å²) in [5.74, 6) is -0.433. The fraction of sp³-hybridized carbons (Fsp3) is 0.316. The van der Waals surface area contributed by atoms with Crippen LogP contribution in [0.4, 0.5) is 4.79 Å². The number of imide groups is 1. The highest BCUT2D eigenvalue weighted by atomic mass is 79.9. The van der Waals surface area contributed by atoms with Gasteiger partial charge in [0.25, 0.3) is 11.1 Å². The fourth-order valence-corrected chi connectivity index (χ4v) is 4.11. The van der Waals surface area contributed by atoms with Crippen LogP contribution in [0.3, 0.4) is 0 Å². The highest BCUT2D eigenvalue weighted by Crippen LogP contribution is 2.35. The van der Waals surface area contributed by atoms with Crippen molar-refractivity contribution in [1.82, 2.24) is 9.47 Å². The number of nitrogens with zero attached hydrogens (tertiary/aromatic N) is 2. The highest BCUT2D eigenvalue weighted by molar-refractivity contribution is 9.10. The molecule has 0 N–H and O–H groups in total. The Morgan fingerprint density at radius 1 is 1.33 bits per heavy atom. The summed E-state index contributed by atoms with van der Waals surface area (Å²) < 4.78 is 7.42. The van der Waals surface area contributed by atoms with Gasteiger partial charge in [-0.25, -0.2) is 0 Å². The molecule has 3 rings (SSSR count). The van der Waals surface area contributed by atoms with Crippen molar-refractivity contribution < 1.29 is 19.1 Å². The zero-order chi connectivity index (χ0) is 19.7. The molecular formula is C19H19BrN2O4S. The first-order valence-electron chi connectivity index (χ1n) is 8.40. The molecule has 0 spiro atoms. The van der Waals surface area contributed by atoms with Gasteiger partial charge in [0.1, 0.15) is 6.54 Å². The van der Waals surface area contributed by atoms with Crippen molar-refractivity contribution in [3.8, 4) is 0 Å². The van der Waals surface area contributed by atoms with E-state index in [2.05, 4.69) is 15.9 Å². The van der Waals surface area contributed by atoms with Crippen molar-refractivity contribution >= 4 is 61.8 Å². The second kappa shape index (κ2) is 7.90. The summed E-state index contributed by atoms with van der Waals surface area (Å²) in [6.45, 7) is 4.39. The Balaban J connectivity index is 2.03. The molecule has 27 heavy (non-hydrogen) atoms. The van der Waals surface area contributed by atoms with Gasteiger partial charge in [0.05, 0.1) is 12.0 Å². The summed E-state index contributed by atoms with van der Waals surface area (Å²) in [6.07, 6.45) is 3.51. The van der Waals surface area contributed by atoms with E-state index in [4.69, 9.17) is 4.74 Å². The lowest BCUT2D eigenvalue weighted by Crippen LogP contribution is -2.31. The van der Waals surface area contributed by atoms with Gasteiger partial charge in [-0.3, -0.25) is 19.3 Å². The minimum absolute atomic E-state index is 0.0668. The maximum atomic E-state index is 12.6. The van der Waals surface area contributed by atoms with Crippen LogP contribution >= 0.6 is 27.7 Å². The molecule has 1 saturated heterocycles. The number of ether oxygens (including phenoxy) is 1. The highest BCUT2D eigenvalue weighted by Gasteiger charge is 2.35. The average Bonchev–Trinajstić information content (AvgIpc) is 3.06. The van der Waals surface area contributed by atoms with E-state index in [-0.39, 0.29) is 29.6 Å². The Morgan fingerprint density at radius 3 is 2.74 bits per heavy atom. The standard InChI is InChI=1S/C19H19BrN2O4S/c1-11(2)8-22-18(24)16(27-19(22)25)6-12-9-21(10-17(23)26-3)15-5-4-13(20)7-14(12)15/h4-7,9,11H,8,10H2,1-3H3/b16-6-. The van der Waals surface area contributed by atoms with Crippen molar-refractivity contribution in [3.63, 3.8) is 0 Å². The summed E-state index contributed by atoms with van der Waals surface area (Å²) in [7, 11) is 1.34. The molecule has 8 heteroatoms. The van der Waals surface area contributed by atoms with E-state index in [0.29, 0.717) is 11.4 Å². The molecule has 0 atom stereocenters. The van der Waals surface area contributed by atoms with Crippen LogP contribution in [0.25, 0.3) is 17.0 Å². The number of halogens is 1. The van der Waals surface area contributed by atoms with Crippen molar-refractivity contribution in [2.75, 3.05) is 13.7 Å². The first-order valence-corrected chi connectivity index (χ1v) is 10.0. The lowest BCUT2D eigenvalue weighted by Gasteiger charge is -2.14. The molecule has 0 saturated carbocycles. The summed E-state index contributed by atoms with van der Waals surface area (Å²) in [4.78, 5) is 38.2. The van der Waals surface area contributed by atoms with Crippen molar-refractivity contribution in [1.29, 1.82) is 0 Å². The van der Waals surface area contributed by atoms with E-state index < -0.39 is 0 Å². The van der Waals surface area contributed by atoms with Crippen LogP contribution in [-0.4, -0.2) is 40.2 Å². The third-order valence-corrected chi connectivity index (χ3v) is 5.51. The molecule has 1 aliphatic rings. The third kappa shape index (κ3) is 4.11. The predicted octanol–water partition coefficient (Wildman–Crippen LogP) is 4.27. The van der Waals surface area contributed by atoms with E-state index in [1.54, 1.807) is 16.8 Å². The van der Waals surface area contributed by atoms with Gasteiger partial charge < -0.3 is 9.30 Å². The number of aromatic nitrogens is 1. The predicted molar refractivity (Wildman–Crippen MR) is 109 cm³/mol. The monoisotopic (exact) mass is 450 g/mol. The molecule has 0 bridgehead atoms. The first-order chi connectivity index (χ1) is 12.8. The van der Waals surface area contributed by atoms with Crippen LogP contribution in [0.1, 0.15) is 19.4 Å². The minimum Gasteiger partial charge on any atom is -0.468 e. The van der Waals surface area contributed by atoms with E-state index in [1.165, 1.54) is 12.0 Å². The van der Waals surface area contributed by atoms with Gasteiger partial charge in [-0.05, 0) is 42.0 Å². The van der Waals surface area contributed by atoms with Crippen LogP contribution in [-0.2, 0) is 20.9 Å². The van der Waals surface area contributed by atoms with Crippen LogP contribution in [0, 0.1) is 5.92 Å². The number of methoxy groups -OCH3 is 1. The first kappa shape index (κ1) is 19.7. The molecule has 6 nitrogen and oxygen atoms in total. The Morgan fingerprint density at radius 2 is 2.07 bits per heavy atom. The number of carbonyl (C=O) groups is 3. The van der Waals surface area contributed by atoms with Gasteiger partial charge in [-0.2, -0.15) is 0 Å². The Labute approximate surface area is 169 Å². The number of amides is 2. The van der Waals surface area contributed by atoms with Crippen LogP contribution in [0.2, 0.25) is 0 Å². The molecule has 1 aromatic carbocycles. The zero-order valence-corrected chi connectivity index (χ0v) is 17.6. The van der Waals surface area contributed by atoms with Crippen molar-refractivity contribution in [2.45, 2.75) is 20.4 Å². The topological polar surface area (TPSA) is 68.6 Å². The summed E-state index contributed by atoms with van der Waals surface area (Å²) in [5.41, 5.74) is 1.61. The molecule has 0 aliphatic carbocycles. The van der Waals surface area contributed by atoms with Gasteiger partial charge in [-0.1, -0.05) is 29.8 Å². The molecule has 2 aromatic rings. The van der Waals surface area contributed by atoms with E-state index in [1.807, 2.05) is 32.0 Å². The smallest absolute Gasteiger partial charge is 0.325 e. The van der Waals surface area contributed by atoms with Crippen LogP contribution in [0.15, 0.2) is 33.8 Å².